The molecular weight excluding hydrogens is 890 g/mol. The molecule has 0 rings (SSSR count). The van der Waals surface area contributed by atoms with Crippen molar-refractivity contribution in [2.75, 3.05) is 39.6 Å². The van der Waals surface area contributed by atoms with Crippen molar-refractivity contribution in [2.45, 2.75) is 18.3 Å². The van der Waals surface area contributed by atoms with Crippen molar-refractivity contribution in [3.63, 3.8) is 0 Å². The number of ether oxygens (including phenoxy) is 2. The molecule has 0 saturated carbocycles. The van der Waals surface area contributed by atoms with Crippen LogP contribution in [0.1, 0.15) is 0 Å². The first-order valence-electron chi connectivity index (χ1n) is 7.28. The van der Waals surface area contributed by atoms with Crippen LogP contribution < -0.4 is 0 Å². The normalized spacial score (nSPS) is 10.9. The second-order valence-electron chi connectivity index (χ2n) is 4.36. The van der Waals surface area contributed by atoms with Gasteiger partial charge in [-0.25, -0.2) is 9.59 Å². The van der Waals surface area contributed by atoms with Crippen LogP contribution in [-0.4, -0.2) is 106 Å². The SMILES string of the molecule is C=CC(=O)OCC(O)CO.C=CC(=O)OCC(O)CO.OCC(O)CO.[Rf].[Rf]. The van der Waals surface area contributed by atoms with Gasteiger partial charge in [0.25, 0.3) is 0 Å². The zero-order valence-electron chi connectivity index (χ0n) is 15.7. The third-order valence-corrected chi connectivity index (χ3v) is 2.01. The molecule has 28 heavy (non-hydrogen) atoms. The summed E-state index contributed by atoms with van der Waals surface area (Å²) in [6.07, 6.45) is -0.966. The molecule has 0 aromatic carbocycles. The molecule has 0 aromatic heterocycles. The van der Waals surface area contributed by atoms with Gasteiger partial charge in [-0.1, -0.05) is 13.2 Å². The molecule has 2 unspecified atom stereocenters. The predicted octanol–water partition coefficient (Wildman–Crippen LogP) is -3.53. The molecule has 0 radical (unpaired) electrons. The van der Waals surface area contributed by atoms with Crippen molar-refractivity contribution < 1.29 is 54.8 Å². The number of aliphatic hydroxyl groups excluding tert-OH is 7. The molecule has 158 valence electrons. The topological polar surface area (TPSA) is 194 Å². The first-order chi connectivity index (χ1) is 12.2. The number of esters is 2. The van der Waals surface area contributed by atoms with E-state index in [-0.39, 0.29) is 26.4 Å². The molecule has 0 aromatic rings. The predicted molar refractivity (Wildman–Crippen MR) is 88.7 cm³/mol. The molecule has 7 N–H and O–H groups in total. The van der Waals surface area contributed by atoms with Crippen molar-refractivity contribution in [3.8, 4) is 0 Å². The van der Waals surface area contributed by atoms with Crippen LogP contribution in [0.25, 0.3) is 0 Å². The second-order valence-corrected chi connectivity index (χ2v) is 4.36. The molecule has 0 heterocycles. The summed E-state index contributed by atoms with van der Waals surface area (Å²) in [5.74, 6) is -1.21. The Morgan fingerprint density at radius 1 is 0.679 bits per heavy atom. The molecule has 0 aliphatic heterocycles. The molecule has 2 atom stereocenters. The van der Waals surface area contributed by atoms with Gasteiger partial charge in [-0.15, -0.1) is 0 Å². The first kappa shape index (κ1) is 35.3. The van der Waals surface area contributed by atoms with Gasteiger partial charge in [0.1, 0.15) is 31.5 Å². The van der Waals surface area contributed by atoms with Crippen LogP contribution in [0.4, 0.5) is 0 Å². The summed E-state index contributed by atoms with van der Waals surface area (Å²) in [6, 6.07) is 0. The smallest absolute Gasteiger partial charge is 0.330 e. The summed E-state index contributed by atoms with van der Waals surface area (Å²) in [5.41, 5.74) is 0. The molecule has 13 heteroatoms. The summed E-state index contributed by atoms with van der Waals surface area (Å²) in [7, 11) is 0. The van der Waals surface area contributed by atoms with Crippen LogP contribution in [0, 0.1) is 0 Å². The Labute approximate surface area is 151 Å². The molecule has 0 spiro atoms. The molecule has 11 nitrogen and oxygen atoms in total. The standard InChI is InChI=1S/2C6H10O4.C3H8O3.2Rf/c2*1-2-6(9)10-4-5(8)3-7;4-1-3(6)2-5;;/h2*2,5,7-8H,1,3-4H2;3-6H,1-2H2;;. The van der Waals surface area contributed by atoms with E-state index in [9.17, 15) is 9.59 Å². The third kappa shape index (κ3) is 30.1. The van der Waals surface area contributed by atoms with Gasteiger partial charge < -0.3 is 45.2 Å². The minimum atomic E-state index is -0.996. The average Bonchev–Trinajstić information content (AvgIpc) is 2.69. The van der Waals surface area contributed by atoms with E-state index in [1.54, 1.807) is 0 Å². The summed E-state index contributed by atoms with van der Waals surface area (Å²) in [6.45, 7) is 4.35. The van der Waals surface area contributed by atoms with Crippen molar-refractivity contribution in [3.05, 3.63) is 25.3 Å². The van der Waals surface area contributed by atoms with E-state index >= 15 is 0 Å². The first-order valence-corrected chi connectivity index (χ1v) is 7.28. The maximum Gasteiger partial charge on any atom is 0.330 e. The minimum Gasteiger partial charge on any atom is -0.460 e. The largest absolute Gasteiger partial charge is 0.460 e. The Hall–Kier alpha value is -3.86. The second kappa shape index (κ2) is 25.4. The molecule has 0 saturated heterocycles. The number of hydrogen-bond donors (Lipinski definition) is 7. The van der Waals surface area contributed by atoms with Crippen molar-refractivity contribution >= 4 is 11.9 Å². The third-order valence-electron chi connectivity index (χ3n) is 2.01. The van der Waals surface area contributed by atoms with E-state index in [1.165, 1.54) is 0 Å². The number of aliphatic hydroxyl groups is 7. The van der Waals surface area contributed by atoms with Gasteiger partial charge in [-0.2, -0.15) is 0 Å². The number of rotatable bonds is 10. The quantitative estimate of drug-likeness (QED) is 0.0849. The maximum atomic E-state index is 10.3. The summed E-state index contributed by atoms with van der Waals surface area (Å²) < 4.78 is 8.75. The summed E-state index contributed by atoms with van der Waals surface area (Å²) >= 11 is 0. The van der Waals surface area contributed by atoms with Gasteiger partial charge >= 0.3 is 11.9 Å². The summed E-state index contributed by atoms with van der Waals surface area (Å²) in [4.78, 5) is 20.6. The van der Waals surface area contributed by atoms with Gasteiger partial charge in [0, 0.05) is 12.2 Å². The summed E-state index contributed by atoms with van der Waals surface area (Å²) in [5, 5.41) is 57.8. The van der Waals surface area contributed by atoms with E-state index < -0.39 is 43.5 Å². The maximum absolute atomic E-state index is 10.3. The fourth-order valence-corrected chi connectivity index (χ4v) is 0.638. The number of carbonyl (C=O) groups is 2. The van der Waals surface area contributed by atoms with Crippen molar-refractivity contribution in [1.82, 2.24) is 0 Å². The Bertz CT molecular complexity index is 349. The molecule has 0 amide bonds. The van der Waals surface area contributed by atoms with Crippen molar-refractivity contribution in [1.29, 1.82) is 0 Å². The van der Waals surface area contributed by atoms with E-state index in [0.29, 0.717) is 0 Å². The average molecular weight is 918 g/mol. The van der Waals surface area contributed by atoms with Gasteiger partial charge in [-0.3, -0.25) is 0 Å². The van der Waals surface area contributed by atoms with Gasteiger partial charge in [0.05, 0.1) is 26.4 Å². The van der Waals surface area contributed by atoms with E-state index in [4.69, 9.17) is 35.7 Å². The Morgan fingerprint density at radius 2 is 0.929 bits per heavy atom. The zero-order valence-corrected chi connectivity index (χ0v) is 28.5. The Balaban J connectivity index is -0.0000000941. The molecule has 0 fully saturated rings. The Morgan fingerprint density at radius 3 is 1.07 bits per heavy atom. The fourth-order valence-electron chi connectivity index (χ4n) is 0.638. The van der Waals surface area contributed by atoms with Crippen LogP contribution in [0.15, 0.2) is 25.3 Å². The minimum absolute atomic E-state index is 0. The van der Waals surface area contributed by atoms with E-state index in [2.05, 4.69) is 22.6 Å². The fraction of sp³-hybridized carbons (Fsp3) is 0.600. The molecule has 0 aliphatic carbocycles. The zero-order chi connectivity index (χ0) is 21.0. The van der Waals surface area contributed by atoms with Gasteiger partial charge in [0.2, 0.25) is 0 Å². The monoisotopic (exact) mass is 918 g/mol. The van der Waals surface area contributed by atoms with Crippen LogP contribution in [0.5, 0.6) is 0 Å². The van der Waals surface area contributed by atoms with Crippen LogP contribution in [0.2, 0.25) is 0 Å². The van der Waals surface area contributed by atoms with Crippen LogP contribution in [0.3, 0.4) is 0 Å². The van der Waals surface area contributed by atoms with E-state index in [0.717, 1.165) is 12.2 Å². The molecule has 0 aliphatic rings. The number of hydrogen-bond acceptors (Lipinski definition) is 11. The van der Waals surface area contributed by atoms with Crippen LogP contribution >= 0.6 is 0 Å². The molecular formula is C15H28O11Rf2. The molecule has 0 bridgehead atoms. The van der Waals surface area contributed by atoms with Crippen molar-refractivity contribution in [2.24, 2.45) is 0 Å². The Kier molecular flexibility index (Phi) is 32.0. The van der Waals surface area contributed by atoms with E-state index in [1.807, 2.05) is 0 Å². The van der Waals surface area contributed by atoms with Gasteiger partial charge in [-0.05, 0) is 0 Å². The van der Waals surface area contributed by atoms with Gasteiger partial charge in [0.15, 0.2) is 0 Å². The van der Waals surface area contributed by atoms with Crippen LogP contribution in [-0.2, 0) is 19.1 Å². The number of carbonyl (C=O) groups excluding carboxylic acids is 2.